The van der Waals surface area contributed by atoms with E-state index >= 15 is 0 Å². The van der Waals surface area contributed by atoms with E-state index in [-0.39, 0.29) is 12.5 Å². The second kappa shape index (κ2) is 6.43. The van der Waals surface area contributed by atoms with Gasteiger partial charge in [0, 0.05) is 31.5 Å². The molecular weight excluding hydrogens is 278 g/mol. The summed E-state index contributed by atoms with van der Waals surface area (Å²) in [7, 11) is 1.96. The molecule has 1 atom stereocenters. The lowest BCUT2D eigenvalue weighted by atomic mass is 10.1. The van der Waals surface area contributed by atoms with Gasteiger partial charge in [0.1, 0.15) is 6.04 Å². The molecule has 0 saturated carbocycles. The Hall–Kier alpha value is -1.30. The zero-order valence-corrected chi connectivity index (χ0v) is 12.3. The number of nitrogens with one attached hydrogen (secondary N) is 1. The highest BCUT2D eigenvalue weighted by atomic mass is 35.5. The summed E-state index contributed by atoms with van der Waals surface area (Å²) in [5.74, 6) is -0.196. The number of anilines is 2. The summed E-state index contributed by atoms with van der Waals surface area (Å²) in [6.45, 7) is 1.08. The lowest BCUT2D eigenvalue weighted by Crippen LogP contribution is -2.19. The minimum Gasteiger partial charge on any atom is -0.396 e. The summed E-state index contributed by atoms with van der Waals surface area (Å²) >= 11 is 6.28. The van der Waals surface area contributed by atoms with Crippen molar-refractivity contribution in [2.75, 3.05) is 30.4 Å². The molecule has 6 heteroatoms. The first-order valence-electron chi connectivity index (χ1n) is 6.76. The number of benzene rings is 1. The molecule has 1 amide bonds. The Bertz CT molecular complexity index is 507. The zero-order valence-electron chi connectivity index (χ0n) is 11.5. The van der Waals surface area contributed by atoms with E-state index in [0.717, 1.165) is 42.7 Å². The van der Waals surface area contributed by atoms with Crippen LogP contribution in [0.2, 0.25) is 5.02 Å². The molecule has 1 aromatic carbocycles. The average molecular weight is 298 g/mol. The van der Waals surface area contributed by atoms with E-state index in [9.17, 15) is 4.79 Å². The SMILES string of the molecule is CN(CCCCCO)c1cc2c(cc1Cl)C(N)C(=O)N2. The van der Waals surface area contributed by atoms with Crippen LogP contribution in [0, 0.1) is 0 Å². The molecule has 0 spiro atoms. The molecule has 1 unspecified atom stereocenters. The molecule has 1 aliphatic rings. The number of nitrogens with two attached hydrogens (primary N) is 1. The summed E-state index contributed by atoms with van der Waals surface area (Å²) in [6.07, 6.45) is 2.78. The first-order chi connectivity index (χ1) is 9.54. The fourth-order valence-corrected chi connectivity index (χ4v) is 2.66. The molecule has 1 aromatic rings. The molecule has 110 valence electrons. The van der Waals surface area contributed by atoms with Gasteiger partial charge in [-0.05, 0) is 31.4 Å². The van der Waals surface area contributed by atoms with E-state index in [4.69, 9.17) is 22.4 Å². The van der Waals surface area contributed by atoms with Gasteiger partial charge in [0.25, 0.3) is 0 Å². The number of amides is 1. The Labute approximate surface area is 123 Å². The predicted octanol–water partition coefficient (Wildman–Crippen LogP) is 1.89. The van der Waals surface area contributed by atoms with Crippen LogP contribution in [0.3, 0.4) is 0 Å². The lowest BCUT2D eigenvalue weighted by molar-refractivity contribution is -0.116. The van der Waals surface area contributed by atoms with Crippen LogP contribution in [-0.2, 0) is 4.79 Å². The number of unbranched alkanes of at least 4 members (excludes halogenated alkanes) is 2. The van der Waals surface area contributed by atoms with Crippen molar-refractivity contribution in [3.8, 4) is 0 Å². The summed E-state index contributed by atoms with van der Waals surface area (Å²) in [4.78, 5) is 13.6. The van der Waals surface area contributed by atoms with Crippen molar-refractivity contribution in [2.45, 2.75) is 25.3 Å². The van der Waals surface area contributed by atoms with Crippen LogP contribution in [0.25, 0.3) is 0 Å². The molecule has 4 N–H and O–H groups in total. The first-order valence-corrected chi connectivity index (χ1v) is 7.14. The van der Waals surface area contributed by atoms with Crippen LogP contribution in [0.5, 0.6) is 0 Å². The molecule has 5 nitrogen and oxygen atoms in total. The standard InChI is InChI=1S/C14H20ClN3O2/c1-18(5-3-2-4-6-19)12-8-11-9(7-10(12)15)13(16)14(20)17-11/h7-8,13,19H,2-6,16H2,1H3,(H,17,20). The van der Waals surface area contributed by atoms with E-state index in [2.05, 4.69) is 10.2 Å². The van der Waals surface area contributed by atoms with Crippen molar-refractivity contribution in [3.05, 3.63) is 22.7 Å². The third-order valence-corrected chi connectivity index (χ3v) is 3.86. The highest BCUT2D eigenvalue weighted by molar-refractivity contribution is 6.33. The topological polar surface area (TPSA) is 78.6 Å². The number of rotatable bonds is 6. The molecule has 1 heterocycles. The largest absolute Gasteiger partial charge is 0.396 e. The number of nitrogens with zero attached hydrogens (tertiary/aromatic N) is 1. The quantitative estimate of drug-likeness (QED) is 0.701. The minimum atomic E-state index is -0.633. The average Bonchev–Trinajstić information content (AvgIpc) is 2.69. The third kappa shape index (κ3) is 3.06. The van der Waals surface area contributed by atoms with Gasteiger partial charge >= 0.3 is 0 Å². The second-order valence-corrected chi connectivity index (χ2v) is 5.47. The number of aliphatic hydroxyl groups is 1. The van der Waals surface area contributed by atoms with Crippen LogP contribution >= 0.6 is 11.6 Å². The maximum atomic E-state index is 11.6. The van der Waals surface area contributed by atoms with Crippen molar-refractivity contribution >= 4 is 28.9 Å². The molecule has 0 bridgehead atoms. The number of aliphatic hydroxyl groups excluding tert-OH is 1. The maximum Gasteiger partial charge on any atom is 0.245 e. The molecule has 0 aromatic heterocycles. The van der Waals surface area contributed by atoms with Gasteiger partial charge in [-0.25, -0.2) is 0 Å². The van der Waals surface area contributed by atoms with Gasteiger partial charge in [-0.3, -0.25) is 4.79 Å². The highest BCUT2D eigenvalue weighted by Crippen LogP contribution is 2.37. The van der Waals surface area contributed by atoms with E-state index in [1.165, 1.54) is 0 Å². The molecule has 2 rings (SSSR count). The second-order valence-electron chi connectivity index (χ2n) is 5.06. The Morgan fingerprint density at radius 3 is 2.85 bits per heavy atom. The van der Waals surface area contributed by atoms with Crippen LogP contribution in [0.1, 0.15) is 30.9 Å². The number of carbonyl (C=O) groups is 1. The number of halogens is 1. The summed E-state index contributed by atoms with van der Waals surface area (Å²) in [5, 5.41) is 12.1. The first kappa shape index (κ1) is 15.1. The fourth-order valence-electron chi connectivity index (χ4n) is 2.35. The summed E-state index contributed by atoms with van der Waals surface area (Å²) in [6, 6.07) is 3.00. The van der Waals surface area contributed by atoms with Gasteiger partial charge in [-0.2, -0.15) is 0 Å². The normalized spacial score (nSPS) is 17.0. The molecule has 1 aliphatic heterocycles. The van der Waals surface area contributed by atoms with Crippen LogP contribution in [-0.4, -0.2) is 31.2 Å². The van der Waals surface area contributed by atoms with Gasteiger partial charge < -0.3 is 21.1 Å². The Kier molecular flexibility index (Phi) is 4.86. The predicted molar refractivity (Wildman–Crippen MR) is 81.2 cm³/mol. The third-order valence-electron chi connectivity index (χ3n) is 3.56. The van der Waals surface area contributed by atoms with Crippen molar-refractivity contribution in [1.29, 1.82) is 0 Å². The van der Waals surface area contributed by atoms with Crippen molar-refractivity contribution in [1.82, 2.24) is 0 Å². The molecule has 0 aliphatic carbocycles. The maximum absolute atomic E-state index is 11.6. The molecule has 0 saturated heterocycles. The smallest absolute Gasteiger partial charge is 0.245 e. The van der Waals surface area contributed by atoms with Crippen LogP contribution < -0.4 is 16.0 Å². The minimum absolute atomic E-state index is 0.196. The van der Waals surface area contributed by atoms with Gasteiger partial charge in [0.15, 0.2) is 0 Å². The molecular formula is C14H20ClN3O2. The van der Waals surface area contributed by atoms with Crippen molar-refractivity contribution in [2.24, 2.45) is 5.73 Å². The van der Waals surface area contributed by atoms with Crippen LogP contribution in [0.15, 0.2) is 12.1 Å². The number of hydrogen-bond donors (Lipinski definition) is 3. The van der Waals surface area contributed by atoms with Gasteiger partial charge in [0.05, 0.1) is 10.7 Å². The van der Waals surface area contributed by atoms with E-state index in [1.54, 1.807) is 6.07 Å². The highest BCUT2D eigenvalue weighted by Gasteiger charge is 2.28. The number of fused-ring (bicyclic) bond motifs is 1. The summed E-state index contributed by atoms with van der Waals surface area (Å²) < 4.78 is 0. The monoisotopic (exact) mass is 297 g/mol. The lowest BCUT2D eigenvalue weighted by Gasteiger charge is -2.21. The van der Waals surface area contributed by atoms with Crippen molar-refractivity contribution < 1.29 is 9.90 Å². The van der Waals surface area contributed by atoms with Crippen LogP contribution in [0.4, 0.5) is 11.4 Å². The molecule has 20 heavy (non-hydrogen) atoms. The van der Waals surface area contributed by atoms with Gasteiger partial charge in [-0.15, -0.1) is 0 Å². The Morgan fingerprint density at radius 1 is 1.40 bits per heavy atom. The molecule has 0 fully saturated rings. The van der Waals surface area contributed by atoms with E-state index in [0.29, 0.717) is 5.02 Å². The molecule has 0 radical (unpaired) electrons. The van der Waals surface area contributed by atoms with Gasteiger partial charge in [0.2, 0.25) is 5.91 Å². The van der Waals surface area contributed by atoms with E-state index < -0.39 is 6.04 Å². The fraction of sp³-hybridized carbons (Fsp3) is 0.500. The number of carbonyl (C=O) groups excluding carboxylic acids is 1. The van der Waals surface area contributed by atoms with E-state index in [1.807, 2.05) is 13.1 Å². The Morgan fingerprint density at radius 2 is 2.15 bits per heavy atom. The van der Waals surface area contributed by atoms with Crippen molar-refractivity contribution in [3.63, 3.8) is 0 Å². The number of hydrogen-bond acceptors (Lipinski definition) is 4. The zero-order chi connectivity index (χ0) is 14.7. The summed E-state index contributed by atoms with van der Waals surface area (Å²) in [5.41, 5.74) is 8.16. The van der Waals surface area contributed by atoms with Gasteiger partial charge in [-0.1, -0.05) is 11.6 Å². The Balaban J connectivity index is 2.09.